The number of allylic oxidation sites excluding steroid dienone is 4. The van der Waals surface area contributed by atoms with E-state index in [-0.39, 0.29) is 0 Å². The van der Waals surface area contributed by atoms with Crippen molar-refractivity contribution in [3.63, 3.8) is 0 Å². The van der Waals surface area contributed by atoms with E-state index in [1.165, 1.54) is 0 Å². The largest absolute Gasteiger partial charge is 0.341 e. The van der Waals surface area contributed by atoms with E-state index in [0.717, 1.165) is 11.5 Å². The molecule has 0 aliphatic heterocycles. The van der Waals surface area contributed by atoms with Gasteiger partial charge in [0.25, 0.3) is 0 Å². The highest BCUT2D eigenvalue weighted by Crippen LogP contribution is 2.04. The van der Waals surface area contributed by atoms with E-state index in [0.29, 0.717) is 0 Å². The molecule has 0 atom stereocenters. The summed E-state index contributed by atoms with van der Waals surface area (Å²) in [6, 6.07) is 1.85. The van der Waals surface area contributed by atoms with Gasteiger partial charge in [-0.3, -0.25) is 5.10 Å². The number of aromatic nitrogens is 2. The highest BCUT2D eigenvalue weighted by Gasteiger charge is 1.92. The number of nitrogens with one attached hydrogen (secondary N) is 2. The Hall–Kier alpha value is -1.77. The van der Waals surface area contributed by atoms with Gasteiger partial charge < -0.3 is 5.32 Å². The second-order valence-corrected chi connectivity index (χ2v) is 2.45. The number of aromatic amines is 1. The van der Waals surface area contributed by atoms with Gasteiger partial charge in [0.1, 0.15) is 5.82 Å². The van der Waals surface area contributed by atoms with E-state index in [2.05, 4.69) is 22.1 Å². The molecule has 13 heavy (non-hydrogen) atoms. The first-order valence-corrected chi connectivity index (χ1v) is 4.08. The minimum absolute atomic E-state index is 0.857. The predicted octanol–water partition coefficient (Wildman–Crippen LogP) is 2.47. The third-order valence-electron chi connectivity index (χ3n) is 1.47. The molecule has 1 rings (SSSR count). The zero-order valence-electron chi connectivity index (χ0n) is 7.62. The Bertz CT molecular complexity index is 307. The molecule has 1 aromatic heterocycles. The molecule has 3 nitrogen and oxygen atoms in total. The van der Waals surface area contributed by atoms with E-state index in [9.17, 15) is 0 Å². The molecule has 0 spiro atoms. The molecule has 0 aliphatic rings. The summed E-state index contributed by atoms with van der Waals surface area (Å²) in [7, 11) is 0. The zero-order chi connectivity index (χ0) is 9.52. The third-order valence-corrected chi connectivity index (χ3v) is 1.47. The summed E-state index contributed by atoms with van der Waals surface area (Å²) in [6.45, 7) is 5.66. The molecule has 1 aromatic rings. The molecule has 0 saturated heterocycles. The Morgan fingerprint density at radius 1 is 1.69 bits per heavy atom. The number of nitrogens with zero attached hydrogens (tertiary/aromatic N) is 1. The van der Waals surface area contributed by atoms with Gasteiger partial charge in [-0.2, -0.15) is 5.10 Å². The second-order valence-electron chi connectivity index (χ2n) is 2.45. The van der Waals surface area contributed by atoms with E-state index in [1.807, 2.05) is 31.2 Å². The van der Waals surface area contributed by atoms with Gasteiger partial charge in [-0.15, -0.1) is 0 Å². The van der Waals surface area contributed by atoms with Crippen molar-refractivity contribution in [2.75, 3.05) is 5.32 Å². The number of anilines is 1. The fourth-order valence-corrected chi connectivity index (χ4v) is 0.842. The van der Waals surface area contributed by atoms with Crippen LogP contribution in [-0.4, -0.2) is 10.2 Å². The Balaban J connectivity index is 2.65. The molecule has 0 unspecified atom stereocenters. The van der Waals surface area contributed by atoms with Gasteiger partial charge in [-0.1, -0.05) is 18.7 Å². The van der Waals surface area contributed by atoms with Crippen LogP contribution in [0, 0.1) is 0 Å². The minimum Gasteiger partial charge on any atom is -0.341 e. The summed E-state index contributed by atoms with van der Waals surface area (Å²) in [5, 5.41) is 9.74. The summed E-state index contributed by atoms with van der Waals surface area (Å²) in [4.78, 5) is 0. The molecule has 0 aromatic carbocycles. The van der Waals surface area contributed by atoms with Crippen LogP contribution >= 0.6 is 0 Å². The minimum atomic E-state index is 0.857. The molecular weight excluding hydrogens is 162 g/mol. The van der Waals surface area contributed by atoms with Crippen molar-refractivity contribution in [3.8, 4) is 0 Å². The van der Waals surface area contributed by atoms with E-state index < -0.39 is 0 Å². The fourth-order valence-electron chi connectivity index (χ4n) is 0.842. The molecule has 3 heteroatoms. The van der Waals surface area contributed by atoms with Crippen molar-refractivity contribution in [3.05, 3.63) is 48.8 Å². The van der Waals surface area contributed by atoms with Crippen molar-refractivity contribution in [2.24, 2.45) is 0 Å². The molecule has 68 valence electrons. The van der Waals surface area contributed by atoms with Gasteiger partial charge in [0, 0.05) is 11.8 Å². The lowest BCUT2D eigenvalue weighted by Crippen LogP contribution is -1.96. The molecule has 0 bridgehead atoms. The van der Waals surface area contributed by atoms with Gasteiger partial charge in [0.05, 0.1) is 6.20 Å². The van der Waals surface area contributed by atoms with Crippen LogP contribution in [0.4, 0.5) is 5.82 Å². The second kappa shape index (κ2) is 4.98. The van der Waals surface area contributed by atoms with Gasteiger partial charge in [-0.25, -0.2) is 0 Å². The average molecular weight is 175 g/mol. The molecule has 0 aliphatic carbocycles. The van der Waals surface area contributed by atoms with Crippen molar-refractivity contribution >= 4 is 5.82 Å². The lowest BCUT2D eigenvalue weighted by atomic mass is 10.3. The number of rotatable bonds is 4. The Morgan fingerprint density at radius 2 is 2.54 bits per heavy atom. The first-order chi connectivity index (χ1) is 6.36. The Kier molecular flexibility index (Phi) is 3.57. The van der Waals surface area contributed by atoms with Crippen molar-refractivity contribution in [2.45, 2.75) is 6.92 Å². The highest BCUT2D eigenvalue weighted by molar-refractivity contribution is 5.44. The van der Waals surface area contributed by atoms with Crippen LogP contribution in [0.25, 0.3) is 0 Å². The van der Waals surface area contributed by atoms with Crippen LogP contribution < -0.4 is 5.32 Å². The van der Waals surface area contributed by atoms with Crippen LogP contribution in [0.3, 0.4) is 0 Å². The van der Waals surface area contributed by atoms with Gasteiger partial charge in [0.2, 0.25) is 0 Å². The average Bonchev–Trinajstić information content (AvgIpc) is 2.64. The first kappa shape index (κ1) is 9.32. The first-order valence-electron chi connectivity index (χ1n) is 4.08. The molecular formula is C10H13N3. The number of hydrogen-bond acceptors (Lipinski definition) is 2. The van der Waals surface area contributed by atoms with Crippen molar-refractivity contribution in [1.82, 2.24) is 10.2 Å². The van der Waals surface area contributed by atoms with Gasteiger partial charge in [-0.05, 0) is 19.1 Å². The van der Waals surface area contributed by atoms with Gasteiger partial charge >= 0.3 is 0 Å². The molecule has 0 amide bonds. The van der Waals surface area contributed by atoms with Crippen LogP contribution in [0.1, 0.15) is 6.92 Å². The fraction of sp³-hybridized carbons (Fsp3) is 0.100. The van der Waals surface area contributed by atoms with E-state index in [1.54, 1.807) is 12.3 Å². The van der Waals surface area contributed by atoms with Gasteiger partial charge in [0.15, 0.2) is 0 Å². The summed E-state index contributed by atoms with van der Waals surface area (Å²) >= 11 is 0. The lowest BCUT2D eigenvalue weighted by molar-refractivity contribution is 1.09. The van der Waals surface area contributed by atoms with Crippen LogP contribution in [0.2, 0.25) is 0 Å². The third kappa shape index (κ3) is 2.99. The van der Waals surface area contributed by atoms with Crippen molar-refractivity contribution in [1.29, 1.82) is 0 Å². The zero-order valence-corrected chi connectivity index (χ0v) is 7.62. The van der Waals surface area contributed by atoms with E-state index >= 15 is 0 Å². The topological polar surface area (TPSA) is 40.7 Å². The SMILES string of the molecule is C=C/C(=C\C=C/C)Nc1ccn[nH]1. The molecule has 0 radical (unpaired) electrons. The Morgan fingerprint density at radius 3 is 3.08 bits per heavy atom. The normalized spacial score (nSPS) is 11.9. The Labute approximate surface area is 77.9 Å². The summed E-state index contributed by atoms with van der Waals surface area (Å²) < 4.78 is 0. The maximum atomic E-state index is 3.82. The molecule has 1 heterocycles. The number of H-pyrrole nitrogens is 1. The maximum absolute atomic E-state index is 3.82. The summed E-state index contributed by atoms with van der Waals surface area (Å²) in [5.74, 6) is 0.857. The van der Waals surface area contributed by atoms with Crippen molar-refractivity contribution < 1.29 is 0 Å². The molecule has 2 N–H and O–H groups in total. The molecule has 0 saturated carbocycles. The summed E-state index contributed by atoms with van der Waals surface area (Å²) in [6.07, 6.45) is 9.28. The standard InChI is InChI=1S/C10H13N3/c1-3-5-6-9(4-2)12-10-7-8-11-13-10/h3-8H,2H2,1H3,(H2,11,12,13)/b5-3-,9-6+. The summed E-state index contributed by atoms with van der Waals surface area (Å²) in [5.41, 5.74) is 0.933. The van der Waals surface area contributed by atoms with Crippen LogP contribution in [-0.2, 0) is 0 Å². The smallest absolute Gasteiger partial charge is 0.125 e. The van der Waals surface area contributed by atoms with Crippen LogP contribution in [0.15, 0.2) is 48.8 Å². The van der Waals surface area contributed by atoms with E-state index in [4.69, 9.17) is 0 Å². The quantitative estimate of drug-likeness (QED) is 0.690. The highest BCUT2D eigenvalue weighted by atomic mass is 15.2. The number of hydrogen-bond donors (Lipinski definition) is 2. The monoisotopic (exact) mass is 175 g/mol. The predicted molar refractivity (Wildman–Crippen MR) is 55.3 cm³/mol. The maximum Gasteiger partial charge on any atom is 0.125 e. The van der Waals surface area contributed by atoms with Crippen LogP contribution in [0.5, 0.6) is 0 Å². The molecule has 0 fully saturated rings. The lowest BCUT2D eigenvalue weighted by Gasteiger charge is -2.01.